The van der Waals surface area contributed by atoms with Gasteiger partial charge in [-0.05, 0) is 43.4 Å². The summed E-state index contributed by atoms with van der Waals surface area (Å²) < 4.78 is 12.5. The summed E-state index contributed by atoms with van der Waals surface area (Å²) in [4.78, 5) is 0. The molecule has 0 atom stereocenters. The van der Waals surface area contributed by atoms with Crippen LogP contribution in [0, 0.1) is 6.92 Å². The third-order valence-electron chi connectivity index (χ3n) is 10.2. The Morgan fingerprint density at radius 2 is 0.625 bits per heavy atom. The van der Waals surface area contributed by atoms with Crippen LogP contribution in [-0.4, -0.2) is 13.2 Å². The molecule has 0 N–H and O–H groups in total. The average Bonchev–Trinajstić information content (AvgIpc) is 3.10. The smallest absolute Gasteiger partial charge is 0.123 e. The van der Waals surface area contributed by atoms with Crippen LogP contribution in [0.1, 0.15) is 238 Å². The van der Waals surface area contributed by atoms with E-state index in [0.717, 1.165) is 56.8 Å². The van der Waals surface area contributed by atoms with Crippen LogP contribution in [0.15, 0.2) is 18.2 Å². The molecular formula is C46H85O2. The van der Waals surface area contributed by atoms with Gasteiger partial charge in [0.25, 0.3) is 0 Å². The van der Waals surface area contributed by atoms with E-state index in [4.69, 9.17) is 9.47 Å². The van der Waals surface area contributed by atoms with Crippen molar-refractivity contribution in [3.63, 3.8) is 0 Å². The lowest BCUT2D eigenvalue weighted by atomic mass is 10.0. The van der Waals surface area contributed by atoms with Gasteiger partial charge in [-0.25, -0.2) is 0 Å². The van der Waals surface area contributed by atoms with E-state index in [1.165, 1.54) is 198 Å². The number of benzene rings is 1. The first kappa shape index (κ1) is 44.8. The van der Waals surface area contributed by atoms with Crippen molar-refractivity contribution in [2.45, 2.75) is 239 Å². The second kappa shape index (κ2) is 37.1. The Morgan fingerprint density at radius 3 is 0.896 bits per heavy atom. The van der Waals surface area contributed by atoms with Crippen LogP contribution in [0.5, 0.6) is 11.5 Å². The summed E-state index contributed by atoms with van der Waals surface area (Å²) in [6.07, 6.45) is 47.9. The van der Waals surface area contributed by atoms with Gasteiger partial charge >= 0.3 is 0 Å². The molecule has 1 radical (unpaired) electrons. The maximum absolute atomic E-state index is 6.23. The molecule has 0 aliphatic rings. The molecule has 0 saturated carbocycles. The van der Waals surface area contributed by atoms with Crippen molar-refractivity contribution in [3.8, 4) is 11.5 Å². The van der Waals surface area contributed by atoms with Crippen molar-refractivity contribution in [3.05, 3.63) is 30.7 Å². The van der Waals surface area contributed by atoms with Gasteiger partial charge in [-0.1, -0.05) is 220 Å². The second-order valence-corrected chi connectivity index (χ2v) is 15.1. The van der Waals surface area contributed by atoms with Crippen molar-refractivity contribution in [1.82, 2.24) is 0 Å². The van der Waals surface area contributed by atoms with Crippen LogP contribution in [-0.2, 0) is 6.42 Å². The summed E-state index contributed by atoms with van der Waals surface area (Å²) >= 11 is 0. The molecule has 0 fully saturated rings. The minimum Gasteiger partial charge on any atom is -0.493 e. The molecule has 0 aliphatic carbocycles. The molecular weight excluding hydrogens is 585 g/mol. The maximum atomic E-state index is 6.23. The molecule has 1 aromatic rings. The fourth-order valence-electron chi connectivity index (χ4n) is 6.95. The molecule has 1 aromatic carbocycles. The van der Waals surface area contributed by atoms with Gasteiger partial charge in [-0.15, -0.1) is 0 Å². The van der Waals surface area contributed by atoms with E-state index in [2.05, 4.69) is 39.0 Å². The Morgan fingerprint density at radius 1 is 0.354 bits per heavy atom. The molecule has 2 nitrogen and oxygen atoms in total. The zero-order valence-electron chi connectivity index (χ0n) is 32.9. The Balaban J connectivity index is 2.04. The molecule has 0 spiro atoms. The van der Waals surface area contributed by atoms with Gasteiger partial charge in [0.05, 0.1) is 13.2 Å². The Kier molecular flexibility index (Phi) is 34.6. The molecule has 1 rings (SSSR count). The summed E-state index contributed by atoms with van der Waals surface area (Å²) in [6.45, 7) is 10.3. The number of unbranched alkanes of at least 4 members (excludes halogenated alkanes) is 31. The minimum atomic E-state index is 0.815. The average molecular weight is 670 g/mol. The zero-order valence-corrected chi connectivity index (χ0v) is 32.9. The van der Waals surface area contributed by atoms with E-state index in [-0.39, 0.29) is 0 Å². The van der Waals surface area contributed by atoms with Gasteiger partial charge in [-0.2, -0.15) is 0 Å². The van der Waals surface area contributed by atoms with Crippen LogP contribution in [0.3, 0.4) is 0 Å². The SMILES string of the molecule is [CH2]CCCc1cc(OCCCCCCCCCCCCCCCCCC)cc(OCCCCCCCCCCCCCCCCCC)c1. The first-order valence-corrected chi connectivity index (χ1v) is 22.0. The van der Waals surface area contributed by atoms with E-state index < -0.39 is 0 Å². The van der Waals surface area contributed by atoms with Gasteiger partial charge in [0.15, 0.2) is 0 Å². The molecule has 0 aliphatic heterocycles. The first-order chi connectivity index (χ1) is 23.8. The van der Waals surface area contributed by atoms with Crippen molar-refractivity contribution in [2.24, 2.45) is 0 Å². The summed E-state index contributed by atoms with van der Waals surface area (Å²) in [7, 11) is 0. The lowest BCUT2D eigenvalue weighted by Gasteiger charge is -2.13. The van der Waals surface area contributed by atoms with Crippen LogP contribution in [0.4, 0.5) is 0 Å². The Bertz CT molecular complexity index is 702. The number of hydrogen-bond donors (Lipinski definition) is 0. The van der Waals surface area contributed by atoms with Gasteiger partial charge < -0.3 is 9.47 Å². The van der Waals surface area contributed by atoms with Crippen molar-refractivity contribution < 1.29 is 9.47 Å². The van der Waals surface area contributed by atoms with Gasteiger partial charge in [0.1, 0.15) is 11.5 Å². The predicted octanol–water partition coefficient (Wildman–Crippen LogP) is 16.1. The maximum Gasteiger partial charge on any atom is 0.123 e. The van der Waals surface area contributed by atoms with E-state index in [9.17, 15) is 0 Å². The summed E-state index contributed by atoms with van der Waals surface area (Å²) in [6, 6.07) is 6.57. The summed E-state index contributed by atoms with van der Waals surface area (Å²) in [5.74, 6) is 1.97. The van der Waals surface area contributed by atoms with Gasteiger partial charge in [0, 0.05) is 6.07 Å². The van der Waals surface area contributed by atoms with E-state index >= 15 is 0 Å². The lowest BCUT2D eigenvalue weighted by Crippen LogP contribution is -2.01. The highest BCUT2D eigenvalue weighted by molar-refractivity contribution is 5.38. The largest absolute Gasteiger partial charge is 0.493 e. The zero-order chi connectivity index (χ0) is 34.4. The second-order valence-electron chi connectivity index (χ2n) is 15.1. The van der Waals surface area contributed by atoms with E-state index in [0.29, 0.717) is 0 Å². The summed E-state index contributed by atoms with van der Waals surface area (Å²) in [5.41, 5.74) is 1.32. The molecule has 281 valence electrons. The summed E-state index contributed by atoms with van der Waals surface area (Å²) in [5, 5.41) is 0. The molecule has 0 heterocycles. The molecule has 0 amide bonds. The number of ether oxygens (including phenoxy) is 2. The molecule has 0 unspecified atom stereocenters. The standard InChI is InChI=1S/C46H85O2/c1-4-7-10-12-14-16-18-20-22-24-26-28-30-32-34-36-39-47-45-41-44(38-9-6-3)42-46(43-45)48-40-37-35-33-31-29-27-25-23-21-19-17-15-13-11-8-5-2/h41-43H,3-40H2,1-2H3. The Labute approximate surface area is 302 Å². The van der Waals surface area contributed by atoms with Crippen LogP contribution < -0.4 is 9.47 Å². The molecule has 48 heavy (non-hydrogen) atoms. The van der Waals surface area contributed by atoms with E-state index in [1.54, 1.807) is 0 Å². The van der Waals surface area contributed by atoms with Crippen molar-refractivity contribution in [2.75, 3.05) is 13.2 Å². The molecule has 0 bridgehead atoms. The quantitative estimate of drug-likeness (QED) is 0.0650. The van der Waals surface area contributed by atoms with Crippen LogP contribution in [0.25, 0.3) is 0 Å². The topological polar surface area (TPSA) is 18.5 Å². The van der Waals surface area contributed by atoms with E-state index in [1.807, 2.05) is 0 Å². The molecule has 0 aromatic heterocycles. The number of rotatable bonds is 39. The number of aryl methyl sites for hydroxylation is 1. The van der Waals surface area contributed by atoms with Crippen LogP contribution >= 0.6 is 0 Å². The fraction of sp³-hybridized carbons (Fsp3) is 0.848. The first-order valence-electron chi connectivity index (χ1n) is 22.0. The van der Waals surface area contributed by atoms with Gasteiger partial charge in [-0.3, -0.25) is 0 Å². The molecule has 0 saturated heterocycles. The molecule has 2 heteroatoms. The number of hydrogen-bond acceptors (Lipinski definition) is 2. The van der Waals surface area contributed by atoms with Crippen molar-refractivity contribution >= 4 is 0 Å². The highest BCUT2D eigenvalue weighted by Crippen LogP contribution is 2.25. The predicted molar refractivity (Wildman–Crippen MR) is 215 cm³/mol. The van der Waals surface area contributed by atoms with Gasteiger partial charge in [0.2, 0.25) is 0 Å². The highest BCUT2D eigenvalue weighted by Gasteiger charge is 2.05. The third-order valence-corrected chi connectivity index (χ3v) is 10.2. The van der Waals surface area contributed by atoms with Crippen molar-refractivity contribution in [1.29, 1.82) is 0 Å². The van der Waals surface area contributed by atoms with Crippen LogP contribution in [0.2, 0.25) is 0 Å². The monoisotopic (exact) mass is 670 g/mol. The normalized spacial score (nSPS) is 11.4. The minimum absolute atomic E-state index is 0.815. The highest BCUT2D eigenvalue weighted by atomic mass is 16.5. The fourth-order valence-corrected chi connectivity index (χ4v) is 6.95. The lowest BCUT2D eigenvalue weighted by molar-refractivity contribution is 0.289. The third kappa shape index (κ3) is 30.8. The Hall–Kier alpha value is -1.18.